The van der Waals surface area contributed by atoms with Crippen LogP contribution >= 0.6 is 0 Å². The van der Waals surface area contributed by atoms with Gasteiger partial charge in [-0.2, -0.15) is 5.10 Å². The third kappa shape index (κ3) is 2.49. The van der Waals surface area contributed by atoms with E-state index in [4.69, 9.17) is 0 Å². The Morgan fingerprint density at radius 1 is 1.12 bits per heavy atom. The molecule has 1 heterocycles. The summed E-state index contributed by atoms with van der Waals surface area (Å²) < 4.78 is 0. The maximum atomic E-state index is 3.94. The second kappa shape index (κ2) is 4.62. The van der Waals surface area contributed by atoms with Crippen LogP contribution in [0, 0.1) is 20.8 Å². The van der Waals surface area contributed by atoms with Crippen LogP contribution in [0.4, 0.5) is 5.69 Å². The fraction of sp³-hybridized carbons (Fsp3) is 0.357. The first-order valence-electron chi connectivity index (χ1n) is 5.91. The van der Waals surface area contributed by atoms with Crippen molar-refractivity contribution in [1.82, 2.24) is 10.2 Å². The molecule has 1 aromatic heterocycles. The predicted molar refractivity (Wildman–Crippen MR) is 71.3 cm³/mol. The van der Waals surface area contributed by atoms with Gasteiger partial charge in [-0.1, -0.05) is 12.1 Å². The fourth-order valence-corrected chi connectivity index (χ4v) is 2.11. The number of H-pyrrole nitrogens is 1. The maximum absolute atomic E-state index is 3.94. The molecule has 0 aliphatic carbocycles. The van der Waals surface area contributed by atoms with Gasteiger partial charge in [0.05, 0.1) is 11.9 Å². The second-order valence-electron chi connectivity index (χ2n) is 4.65. The van der Waals surface area contributed by atoms with E-state index in [0.29, 0.717) is 0 Å². The van der Waals surface area contributed by atoms with E-state index >= 15 is 0 Å². The molecular formula is C14H19N3. The van der Waals surface area contributed by atoms with E-state index in [-0.39, 0.29) is 6.04 Å². The number of rotatable bonds is 3. The lowest BCUT2D eigenvalue weighted by atomic mass is 9.96. The van der Waals surface area contributed by atoms with Crippen molar-refractivity contribution in [1.29, 1.82) is 0 Å². The largest absolute Gasteiger partial charge is 0.376 e. The number of anilines is 1. The summed E-state index contributed by atoms with van der Waals surface area (Å²) in [6, 6.07) is 4.80. The van der Waals surface area contributed by atoms with Crippen LogP contribution in [-0.4, -0.2) is 10.2 Å². The molecule has 0 amide bonds. The van der Waals surface area contributed by atoms with Gasteiger partial charge in [0.25, 0.3) is 0 Å². The predicted octanol–water partition coefficient (Wildman–Crippen LogP) is 3.51. The zero-order valence-electron chi connectivity index (χ0n) is 10.8. The van der Waals surface area contributed by atoms with E-state index in [1.807, 2.05) is 6.20 Å². The molecule has 90 valence electrons. The first kappa shape index (κ1) is 11.7. The standard InChI is InChI=1S/C14H19N3/c1-9-5-11(3)14(6-10(9)2)12(4)17-13-7-15-16-8-13/h5-8,12,17H,1-4H3,(H,15,16). The van der Waals surface area contributed by atoms with Gasteiger partial charge >= 0.3 is 0 Å². The van der Waals surface area contributed by atoms with E-state index in [9.17, 15) is 0 Å². The van der Waals surface area contributed by atoms with Crippen molar-refractivity contribution in [3.05, 3.63) is 46.8 Å². The summed E-state index contributed by atoms with van der Waals surface area (Å²) in [6.45, 7) is 8.64. The van der Waals surface area contributed by atoms with Crippen molar-refractivity contribution >= 4 is 5.69 Å². The third-order valence-electron chi connectivity index (χ3n) is 3.23. The highest BCUT2D eigenvalue weighted by atomic mass is 15.1. The summed E-state index contributed by atoms with van der Waals surface area (Å²) in [5, 5.41) is 10.2. The molecule has 1 aromatic carbocycles. The van der Waals surface area contributed by atoms with Crippen LogP contribution < -0.4 is 5.32 Å². The monoisotopic (exact) mass is 229 g/mol. The minimum atomic E-state index is 0.284. The molecule has 3 heteroatoms. The minimum Gasteiger partial charge on any atom is -0.376 e. The minimum absolute atomic E-state index is 0.284. The Kier molecular flexibility index (Phi) is 3.18. The molecule has 0 fully saturated rings. The Hall–Kier alpha value is -1.77. The van der Waals surface area contributed by atoms with Crippen LogP contribution in [0.25, 0.3) is 0 Å². The molecule has 1 atom stereocenters. The number of aryl methyl sites for hydroxylation is 3. The van der Waals surface area contributed by atoms with Gasteiger partial charge in [0.2, 0.25) is 0 Å². The number of nitrogens with one attached hydrogen (secondary N) is 2. The van der Waals surface area contributed by atoms with Crippen molar-refractivity contribution in [2.45, 2.75) is 33.7 Å². The van der Waals surface area contributed by atoms with E-state index in [2.05, 4.69) is 55.3 Å². The molecule has 0 aliphatic heterocycles. The quantitative estimate of drug-likeness (QED) is 0.845. The molecule has 2 rings (SSSR count). The van der Waals surface area contributed by atoms with Gasteiger partial charge in [-0.05, 0) is 49.9 Å². The molecule has 1 unspecified atom stereocenters. The van der Waals surface area contributed by atoms with Gasteiger partial charge in [-0.3, -0.25) is 5.10 Å². The van der Waals surface area contributed by atoms with Crippen molar-refractivity contribution in [2.24, 2.45) is 0 Å². The number of hydrogen-bond acceptors (Lipinski definition) is 2. The summed E-state index contributed by atoms with van der Waals surface area (Å²) in [4.78, 5) is 0. The Labute approximate surface area is 102 Å². The van der Waals surface area contributed by atoms with E-state index < -0.39 is 0 Å². The lowest BCUT2D eigenvalue weighted by Gasteiger charge is -2.18. The van der Waals surface area contributed by atoms with Crippen LogP contribution in [0.5, 0.6) is 0 Å². The Morgan fingerprint density at radius 3 is 2.47 bits per heavy atom. The van der Waals surface area contributed by atoms with Crippen LogP contribution in [0.1, 0.15) is 35.2 Å². The molecule has 0 aliphatic rings. The molecule has 17 heavy (non-hydrogen) atoms. The Bertz CT molecular complexity index is 500. The number of aromatic nitrogens is 2. The number of benzene rings is 1. The summed E-state index contributed by atoms with van der Waals surface area (Å²) in [6.07, 6.45) is 3.67. The van der Waals surface area contributed by atoms with Crippen molar-refractivity contribution in [2.75, 3.05) is 5.32 Å². The van der Waals surface area contributed by atoms with Crippen LogP contribution in [0.15, 0.2) is 24.5 Å². The molecular weight excluding hydrogens is 210 g/mol. The lowest BCUT2D eigenvalue weighted by molar-refractivity contribution is 0.871. The van der Waals surface area contributed by atoms with Crippen molar-refractivity contribution < 1.29 is 0 Å². The summed E-state index contributed by atoms with van der Waals surface area (Å²) >= 11 is 0. The van der Waals surface area contributed by atoms with E-state index in [1.54, 1.807) is 6.20 Å². The Morgan fingerprint density at radius 2 is 1.82 bits per heavy atom. The van der Waals surface area contributed by atoms with Crippen LogP contribution in [0.2, 0.25) is 0 Å². The van der Waals surface area contributed by atoms with Gasteiger partial charge in [0.1, 0.15) is 0 Å². The lowest BCUT2D eigenvalue weighted by Crippen LogP contribution is -2.08. The first-order chi connectivity index (χ1) is 8.08. The van der Waals surface area contributed by atoms with Crippen LogP contribution in [0.3, 0.4) is 0 Å². The summed E-state index contributed by atoms with van der Waals surface area (Å²) in [5.41, 5.74) is 6.38. The maximum Gasteiger partial charge on any atom is 0.0728 e. The first-order valence-corrected chi connectivity index (χ1v) is 5.91. The highest BCUT2D eigenvalue weighted by molar-refractivity contribution is 5.45. The van der Waals surface area contributed by atoms with Crippen molar-refractivity contribution in [3.63, 3.8) is 0 Å². The van der Waals surface area contributed by atoms with Gasteiger partial charge in [-0.15, -0.1) is 0 Å². The SMILES string of the molecule is Cc1cc(C)c(C(C)Nc2cn[nH]c2)cc1C. The third-order valence-corrected chi connectivity index (χ3v) is 3.23. The zero-order valence-corrected chi connectivity index (χ0v) is 10.8. The summed E-state index contributed by atoms with van der Waals surface area (Å²) in [7, 11) is 0. The smallest absolute Gasteiger partial charge is 0.0728 e. The molecule has 2 N–H and O–H groups in total. The molecule has 0 bridgehead atoms. The molecule has 0 radical (unpaired) electrons. The summed E-state index contributed by atoms with van der Waals surface area (Å²) in [5.74, 6) is 0. The van der Waals surface area contributed by atoms with Gasteiger partial charge in [0, 0.05) is 12.2 Å². The van der Waals surface area contributed by atoms with E-state index in [1.165, 1.54) is 22.3 Å². The topological polar surface area (TPSA) is 40.7 Å². The molecule has 0 saturated carbocycles. The molecule has 2 aromatic rings. The highest BCUT2D eigenvalue weighted by Crippen LogP contribution is 2.24. The second-order valence-corrected chi connectivity index (χ2v) is 4.65. The van der Waals surface area contributed by atoms with Gasteiger partial charge < -0.3 is 5.32 Å². The van der Waals surface area contributed by atoms with Crippen LogP contribution in [-0.2, 0) is 0 Å². The molecule has 0 saturated heterocycles. The van der Waals surface area contributed by atoms with Gasteiger partial charge in [0.15, 0.2) is 0 Å². The number of hydrogen-bond donors (Lipinski definition) is 2. The highest BCUT2D eigenvalue weighted by Gasteiger charge is 2.10. The zero-order chi connectivity index (χ0) is 12.4. The van der Waals surface area contributed by atoms with E-state index in [0.717, 1.165) is 5.69 Å². The normalized spacial score (nSPS) is 12.5. The fourth-order valence-electron chi connectivity index (χ4n) is 2.11. The van der Waals surface area contributed by atoms with Crippen molar-refractivity contribution in [3.8, 4) is 0 Å². The molecule has 0 spiro atoms. The molecule has 3 nitrogen and oxygen atoms in total. The number of nitrogens with zero attached hydrogens (tertiary/aromatic N) is 1. The average molecular weight is 229 g/mol. The Balaban J connectivity index is 2.24. The average Bonchev–Trinajstić information content (AvgIpc) is 2.76. The number of aromatic amines is 1. The van der Waals surface area contributed by atoms with Gasteiger partial charge in [-0.25, -0.2) is 0 Å².